The van der Waals surface area contributed by atoms with Crippen molar-refractivity contribution in [1.29, 1.82) is 0 Å². The van der Waals surface area contributed by atoms with Gasteiger partial charge in [-0.3, -0.25) is 14.6 Å². The molecule has 0 radical (unpaired) electrons. The van der Waals surface area contributed by atoms with E-state index in [9.17, 15) is 22.8 Å². The summed E-state index contributed by atoms with van der Waals surface area (Å²) >= 11 is 0. The van der Waals surface area contributed by atoms with Crippen molar-refractivity contribution < 1.29 is 22.8 Å². The van der Waals surface area contributed by atoms with Gasteiger partial charge in [0.25, 0.3) is 5.91 Å². The van der Waals surface area contributed by atoms with Crippen LogP contribution in [-0.4, -0.2) is 33.4 Å². The molecule has 4 rings (SSSR count). The van der Waals surface area contributed by atoms with E-state index in [4.69, 9.17) is 0 Å². The molecule has 0 bridgehead atoms. The minimum Gasteiger partial charge on any atom is -0.350 e. The fourth-order valence-electron chi connectivity index (χ4n) is 4.45. The third-order valence-corrected chi connectivity index (χ3v) is 6.35. The van der Waals surface area contributed by atoms with Gasteiger partial charge in [0.15, 0.2) is 11.5 Å². The summed E-state index contributed by atoms with van der Waals surface area (Å²) in [4.78, 5) is 29.2. The van der Waals surface area contributed by atoms with E-state index in [1.165, 1.54) is 18.2 Å². The molecule has 0 saturated heterocycles. The third-order valence-electron chi connectivity index (χ3n) is 6.35. The van der Waals surface area contributed by atoms with Gasteiger partial charge in [0.1, 0.15) is 0 Å². The molecule has 0 unspecified atom stereocenters. The molecule has 0 aliphatic heterocycles. The second-order valence-electron chi connectivity index (χ2n) is 8.67. The lowest BCUT2D eigenvalue weighted by molar-refractivity contribution is -0.138. The molecular weight excluding hydrogens is 457 g/mol. The number of halogens is 3. The molecule has 2 heterocycles. The van der Waals surface area contributed by atoms with Gasteiger partial charge in [-0.2, -0.15) is 18.3 Å². The van der Waals surface area contributed by atoms with Crippen molar-refractivity contribution >= 4 is 11.7 Å². The Morgan fingerprint density at radius 3 is 2.37 bits per heavy atom. The highest BCUT2D eigenvalue weighted by molar-refractivity contribution is 5.99. The van der Waals surface area contributed by atoms with Crippen molar-refractivity contribution in [2.24, 2.45) is 5.92 Å². The Bertz CT molecular complexity index is 1160. The quantitative estimate of drug-likeness (QED) is 0.478. The number of amides is 1. The van der Waals surface area contributed by atoms with Crippen molar-refractivity contribution in [2.75, 3.05) is 6.54 Å². The topological polar surface area (TPSA) is 84.8 Å². The lowest BCUT2D eigenvalue weighted by Gasteiger charge is -2.27. The minimum atomic E-state index is -4.56. The van der Waals surface area contributed by atoms with Crippen molar-refractivity contribution in [3.05, 3.63) is 89.0 Å². The maximum Gasteiger partial charge on any atom is 0.417 e. The second-order valence-corrected chi connectivity index (χ2v) is 8.67. The molecule has 182 valence electrons. The van der Waals surface area contributed by atoms with Crippen molar-refractivity contribution in [3.63, 3.8) is 0 Å². The van der Waals surface area contributed by atoms with E-state index in [0.717, 1.165) is 17.3 Å². The number of hydrogen-bond acceptors (Lipinski definition) is 5. The molecule has 6 nitrogen and oxygen atoms in total. The molecule has 1 aliphatic rings. The number of alkyl halides is 3. The summed E-state index contributed by atoms with van der Waals surface area (Å²) in [6.07, 6.45) is 1.73. The third kappa shape index (κ3) is 6.09. The summed E-state index contributed by atoms with van der Waals surface area (Å²) in [5.41, 5.74) is 0.811. The van der Waals surface area contributed by atoms with Crippen LogP contribution >= 0.6 is 0 Å². The van der Waals surface area contributed by atoms with Gasteiger partial charge >= 0.3 is 6.18 Å². The Kier molecular flexibility index (Phi) is 7.53. The number of rotatable bonds is 7. The van der Waals surface area contributed by atoms with Gasteiger partial charge in [0.05, 0.1) is 11.3 Å². The van der Waals surface area contributed by atoms with Crippen molar-refractivity contribution in [2.45, 2.75) is 44.2 Å². The zero-order chi connectivity index (χ0) is 24.8. The summed E-state index contributed by atoms with van der Waals surface area (Å²) < 4.78 is 39.9. The monoisotopic (exact) mass is 482 g/mol. The Hall–Kier alpha value is -3.62. The highest BCUT2D eigenvalue weighted by Gasteiger charge is 2.37. The molecule has 2 aromatic heterocycles. The van der Waals surface area contributed by atoms with Crippen LogP contribution in [0.5, 0.6) is 0 Å². The SMILES string of the molecule is O=C(NCCc1cccnc1)c1ccc(C2CCC(C(=O)c3ccccc3C(F)(F)F)CC2)nn1. The van der Waals surface area contributed by atoms with Crippen molar-refractivity contribution in [3.8, 4) is 0 Å². The predicted molar refractivity (Wildman–Crippen MR) is 123 cm³/mol. The van der Waals surface area contributed by atoms with Gasteiger partial charge in [0, 0.05) is 36.3 Å². The first-order valence-electron chi connectivity index (χ1n) is 11.5. The highest BCUT2D eigenvalue weighted by atomic mass is 19.4. The number of nitrogens with one attached hydrogen (secondary N) is 1. The lowest BCUT2D eigenvalue weighted by Crippen LogP contribution is -2.27. The lowest BCUT2D eigenvalue weighted by atomic mass is 9.77. The average Bonchev–Trinajstić information content (AvgIpc) is 2.88. The largest absolute Gasteiger partial charge is 0.417 e. The summed E-state index contributed by atoms with van der Waals surface area (Å²) in [7, 11) is 0. The standard InChI is InChI=1S/C26H25F3N4O2/c27-26(28,29)21-6-2-1-5-20(21)24(34)19-9-7-18(8-10-19)22-11-12-23(33-32-22)25(35)31-15-13-17-4-3-14-30-16-17/h1-6,11-12,14,16,18-19H,7-10,13,15H2,(H,31,35). The molecule has 0 spiro atoms. The van der Waals surface area contributed by atoms with Crippen molar-refractivity contribution in [1.82, 2.24) is 20.5 Å². The van der Waals surface area contributed by atoms with E-state index in [0.29, 0.717) is 38.6 Å². The zero-order valence-corrected chi connectivity index (χ0v) is 19.0. The zero-order valence-electron chi connectivity index (χ0n) is 19.0. The molecule has 1 saturated carbocycles. The summed E-state index contributed by atoms with van der Waals surface area (Å²) in [6.45, 7) is 0.448. The van der Waals surface area contributed by atoms with E-state index in [1.54, 1.807) is 24.5 Å². The summed E-state index contributed by atoms with van der Waals surface area (Å²) in [6, 6.07) is 12.1. The number of aromatic nitrogens is 3. The van der Waals surface area contributed by atoms with Gasteiger partial charge in [-0.05, 0) is 61.9 Å². The first-order valence-corrected chi connectivity index (χ1v) is 11.5. The number of pyridine rings is 1. The van der Waals surface area contributed by atoms with Crippen LogP contribution in [0.4, 0.5) is 13.2 Å². The van der Waals surface area contributed by atoms with Crippen LogP contribution in [0.1, 0.15) is 69.3 Å². The van der Waals surface area contributed by atoms with Gasteiger partial charge in [-0.15, -0.1) is 5.10 Å². The summed E-state index contributed by atoms with van der Waals surface area (Å²) in [5.74, 6) is -1.17. The van der Waals surface area contributed by atoms with Gasteiger partial charge in [-0.1, -0.05) is 24.3 Å². The fourth-order valence-corrected chi connectivity index (χ4v) is 4.45. The number of nitrogens with zero attached hydrogens (tertiary/aromatic N) is 3. The smallest absolute Gasteiger partial charge is 0.350 e. The van der Waals surface area contributed by atoms with Crippen LogP contribution in [0.3, 0.4) is 0 Å². The van der Waals surface area contributed by atoms with E-state index in [2.05, 4.69) is 20.5 Å². The van der Waals surface area contributed by atoms with Gasteiger partial charge in [0.2, 0.25) is 0 Å². The van der Waals surface area contributed by atoms with Crippen LogP contribution in [0, 0.1) is 5.92 Å². The first kappa shape index (κ1) is 24.5. The molecule has 1 N–H and O–H groups in total. The number of carbonyl (C=O) groups excluding carboxylic acids is 2. The number of hydrogen-bond donors (Lipinski definition) is 1. The Morgan fingerprint density at radius 2 is 1.71 bits per heavy atom. The van der Waals surface area contributed by atoms with E-state index >= 15 is 0 Å². The highest BCUT2D eigenvalue weighted by Crippen LogP contribution is 2.38. The molecule has 0 atom stereocenters. The Balaban J connectivity index is 1.30. The molecule has 3 aromatic rings. The maximum absolute atomic E-state index is 13.3. The van der Waals surface area contributed by atoms with Gasteiger partial charge < -0.3 is 5.32 Å². The first-order chi connectivity index (χ1) is 16.8. The number of ketones is 1. The summed E-state index contributed by atoms with van der Waals surface area (Å²) in [5, 5.41) is 11.1. The minimum absolute atomic E-state index is 0.0482. The molecule has 1 amide bonds. The van der Waals surface area contributed by atoms with Crippen LogP contribution in [0.25, 0.3) is 0 Å². The Labute approximate surface area is 201 Å². The normalized spacial score (nSPS) is 18.1. The molecular formula is C26H25F3N4O2. The van der Waals surface area contributed by atoms with E-state index in [-0.39, 0.29) is 23.1 Å². The molecule has 9 heteroatoms. The fraction of sp³-hybridized carbons (Fsp3) is 0.346. The maximum atomic E-state index is 13.3. The molecule has 1 aromatic carbocycles. The van der Waals surface area contributed by atoms with Crippen LogP contribution < -0.4 is 5.32 Å². The Morgan fingerprint density at radius 1 is 0.943 bits per heavy atom. The average molecular weight is 483 g/mol. The number of carbonyl (C=O) groups is 2. The number of Topliss-reactive ketones (excluding diaryl/α,β-unsaturated/α-hetero) is 1. The van der Waals surface area contributed by atoms with E-state index in [1.807, 2.05) is 12.1 Å². The predicted octanol–water partition coefficient (Wildman–Crippen LogP) is 5.02. The molecule has 1 fully saturated rings. The number of benzene rings is 1. The second kappa shape index (κ2) is 10.8. The van der Waals surface area contributed by atoms with Crippen LogP contribution in [0.15, 0.2) is 60.9 Å². The van der Waals surface area contributed by atoms with E-state index < -0.39 is 23.4 Å². The van der Waals surface area contributed by atoms with Crippen LogP contribution in [0.2, 0.25) is 0 Å². The van der Waals surface area contributed by atoms with Crippen LogP contribution in [-0.2, 0) is 12.6 Å². The molecule has 1 aliphatic carbocycles. The molecule has 35 heavy (non-hydrogen) atoms. The van der Waals surface area contributed by atoms with Gasteiger partial charge in [-0.25, -0.2) is 0 Å².